The molecule has 0 spiro atoms. The number of hydrogen-bond acceptors (Lipinski definition) is 4. The van der Waals surface area contributed by atoms with Gasteiger partial charge in [-0.1, -0.05) is 30.3 Å². The van der Waals surface area contributed by atoms with Crippen LogP contribution in [0.3, 0.4) is 0 Å². The Balaban J connectivity index is 1.84. The average molecular weight is 399 g/mol. The molecule has 6 heteroatoms. The maximum Gasteiger partial charge on any atom is 0.259 e. The number of aromatic nitrogens is 1. The van der Waals surface area contributed by atoms with Crippen LogP contribution in [0.5, 0.6) is 5.75 Å². The molecule has 0 radical (unpaired) electrons. The van der Waals surface area contributed by atoms with E-state index in [4.69, 9.17) is 10.5 Å². The van der Waals surface area contributed by atoms with Crippen LogP contribution >= 0.6 is 0 Å². The fraction of sp³-hybridized carbons (Fsp3) is 0.0833. The summed E-state index contributed by atoms with van der Waals surface area (Å²) in [7, 11) is 1.51. The van der Waals surface area contributed by atoms with Crippen molar-refractivity contribution in [3.63, 3.8) is 0 Å². The van der Waals surface area contributed by atoms with Crippen molar-refractivity contribution in [3.8, 4) is 5.75 Å². The number of amides is 1. The predicted molar refractivity (Wildman–Crippen MR) is 117 cm³/mol. The fourth-order valence-electron chi connectivity index (χ4n) is 3.57. The quantitative estimate of drug-likeness (QED) is 0.489. The van der Waals surface area contributed by atoms with Gasteiger partial charge in [0.05, 0.1) is 29.4 Å². The van der Waals surface area contributed by atoms with Gasteiger partial charge in [0.1, 0.15) is 11.4 Å². The molecule has 0 bridgehead atoms. The Kier molecular flexibility index (Phi) is 4.98. The molecule has 0 aliphatic rings. The molecule has 0 aliphatic heterocycles. The maximum absolute atomic E-state index is 13.4. The molecule has 0 aliphatic carbocycles. The van der Waals surface area contributed by atoms with Crippen molar-refractivity contribution in [2.24, 2.45) is 0 Å². The highest BCUT2D eigenvalue weighted by molar-refractivity contribution is 6.20. The number of ether oxygens (including phenoxy) is 1. The number of para-hydroxylation sites is 1. The lowest BCUT2D eigenvalue weighted by Gasteiger charge is -2.08. The molecule has 2 heterocycles. The van der Waals surface area contributed by atoms with E-state index in [0.29, 0.717) is 22.5 Å². The van der Waals surface area contributed by atoms with Gasteiger partial charge in [0.25, 0.3) is 5.91 Å². The molecular weight excluding hydrogens is 378 g/mol. The van der Waals surface area contributed by atoms with E-state index in [9.17, 15) is 9.59 Å². The van der Waals surface area contributed by atoms with E-state index < -0.39 is 0 Å². The SMILES string of the molecule is COc1ccccc1C(=O)c1c(N)c(C(=O)Nc2cccc(C)c2)c2ccccn12. The number of rotatable bonds is 5. The third kappa shape index (κ3) is 3.28. The van der Waals surface area contributed by atoms with Gasteiger partial charge in [-0.05, 0) is 48.9 Å². The van der Waals surface area contributed by atoms with E-state index in [1.54, 1.807) is 59.1 Å². The molecule has 2 aromatic carbocycles. The smallest absolute Gasteiger partial charge is 0.259 e. The molecule has 0 unspecified atom stereocenters. The minimum Gasteiger partial charge on any atom is -0.496 e. The van der Waals surface area contributed by atoms with Crippen molar-refractivity contribution >= 4 is 28.6 Å². The van der Waals surface area contributed by atoms with Crippen LogP contribution in [0.25, 0.3) is 5.52 Å². The van der Waals surface area contributed by atoms with Crippen LogP contribution in [0.4, 0.5) is 11.4 Å². The fourth-order valence-corrected chi connectivity index (χ4v) is 3.57. The maximum atomic E-state index is 13.4. The summed E-state index contributed by atoms with van der Waals surface area (Å²) in [5.41, 5.74) is 9.61. The lowest BCUT2D eigenvalue weighted by molar-refractivity contribution is 0.102. The van der Waals surface area contributed by atoms with Gasteiger partial charge in [-0.2, -0.15) is 0 Å². The molecule has 3 N–H and O–H groups in total. The van der Waals surface area contributed by atoms with Gasteiger partial charge in [0.15, 0.2) is 0 Å². The highest BCUT2D eigenvalue weighted by atomic mass is 16.5. The van der Waals surface area contributed by atoms with Crippen molar-refractivity contribution < 1.29 is 14.3 Å². The largest absolute Gasteiger partial charge is 0.496 e. The van der Waals surface area contributed by atoms with Crippen LogP contribution < -0.4 is 15.8 Å². The minimum absolute atomic E-state index is 0.127. The molecule has 4 aromatic rings. The summed E-state index contributed by atoms with van der Waals surface area (Å²) in [5.74, 6) is -0.250. The molecule has 4 rings (SSSR count). The van der Waals surface area contributed by atoms with E-state index in [-0.39, 0.29) is 28.6 Å². The zero-order valence-corrected chi connectivity index (χ0v) is 16.7. The molecule has 0 atom stereocenters. The van der Waals surface area contributed by atoms with Crippen LogP contribution in [-0.4, -0.2) is 23.2 Å². The number of carbonyl (C=O) groups is 2. The summed E-state index contributed by atoms with van der Waals surface area (Å²) in [5, 5.41) is 2.88. The Morgan fingerprint density at radius 1 is 1.00 bits per heavy atom. The first kappa shape index (κ1) is 19.3. The van der Waals surface area contributed by atoms with Crippen LogP contribution in [0.2, 0.25) is 0 Å². The topological polar surface area (TPSA) is 85.8 Å². The number of pyridine rings is 1. The molecule has 150 valence electrons. The molecule has 6 nitrogen and oxygen atoms in total. The molecule has 0 saturated carbocycles. The summed E-state index contributed by atoms with van der Waals surface area (Å²) in [6.07, 6.45) is 1.72. The number of fused-ring (bicyclic) bond motifs is 1. The highest BCUT2D eigenvalue weighted by Gasteiger charge is 2.27. The lowest BCUT2D eigenvalue weighted by Crippen LogP contribution is -2.14. The predicted octanol–water partition coefficient (Wildman–Crippen LogP) is 4.32. The molecule has 0 saturated heterocycles. The van der Waals surface area contributed by atoms with Crippen LogP contribution in [0.15, 0.2) is 72.9 Å². The summed E-state index contributed by atoms with van der Waals surface area (Å²) in [6, 6.07) is 19.8. The second-order valence-corrected chi connectivity index (χ2v) is 6.95. The Morgan fingerprint density at radius 3 is 2.53 bits per heavy atom. The Morgan fingerprint density at radius 2 is 1.77 bits per heavy atom. The second kappa shape index (κ2) is 7.75. The van der Waals surface area contributed by atoms with Crippen molar-refractivity contribution in [2.75, 3.05) is 18.2 Å². The standard InChI is InChI=1S/C24H21N3O3/c1-15-8-7-9-16(14-15)26-24(29)20-18-11-5-6-13-27(18)22(21(20)25)23(28)17-10-3-4-12-19(17)30-2/h3-14H,25H2,1-2H3,(H,26,29). The van der Waals surface area contributed by atoms with Gasteiger partial charge in [-0.15, -0.1) is 0 Å². The number of benzene rings is 2. The number of methoxy groups -OCH3 is 1. The van der Waals surface area contributed by atoms with E-state index in [1.165, 1.54) is 7.11 Å². The molecule has 2 aromatic heterocycles. The Hall–Kier alpha value is -4.06. The van der Waals surface area contributed by atoms with Gasteiger partial charge in [-0.3, -0.25) is 9.59 Å². The number of nitrogens with zero attached hydrogens (tertiary/aromatic N) is 1. The normalized spacial score (nSPS) is 10.7. The number of anilines is 2. The van der Waals surface area contributed by atoms with E-state index in [0.717, 1.165) is 5.56 Å². The zero-order valence-electron chi connectivity index (χ0n) is 16.7. The highest BCUT2D eigenvalue weighted by Crippen LogP contribution is 2.31. The number of ketones is 1. The van der Waals surface area contributed by atoms with Crippen molar-refractivity contribution in [1.29, 1.82) is 0 Å². The summed E-state index contributed by atoms with van der Waals surface area (Å²) in [4.78, 5) is 26.5. The first-order chi connectivity index (χ1) is 14.5. The van der Waals surface area contributed by atoms with Gasteiger partial charge in [-0.25, -0.2) is 0 Å². The van der Waals surface area contributed by atoms with E-state index in [2.05, 4.69) is 5.32 Å². The monoisotopic (exact) mass is 399 g/mol. The third-order valence-corrected chi connectivity index (χ3v) is 4.95. The summed E-state index contributed by atoms with van der Waals surface area (Å²) < 4.78 is 6.98. The Bertz CT molecular complexity index is 1270. The average Bonchev–Trinajstić information content (AvgIpc) is 3.05. The van der Waals surface area contributed by atoms with E-state index in [1.807, 2.05) is 25.1 Å². The molecule has 30 heavy (non-hydrogen) atoms. The molecule has 0 fully saturated rings. The number of hydrogen-bond donors (Lipinski definition) is 2. The molecular formula is C24H21N3O3. The minimum atomic E-state index is -0.374. The second-order valence-electron chi connectivity index (χ2n) is 6.95. The van der Waals surface area contributed by atoms with Gasteiger partial charge in [0, 0.05) is 11.9 Å². The van der Waals surface area contributed by atoms with Crippen LogP contribution in [0, 0.1) is 6.92 Å². The lowest BCUT2D eigenvalue weighted by atomic mass is 10.1. The number of aryl methyl sites for hydroxylation is 1. The summed E-state index contributed by atoms with van der Waals surface area (Å²) in [6.45, 7) is 1.95. The summed E-state index contributed by atoms with van der Waals surface area (Å²) >= 11 is 0. The number of nitrogens with one attached hydrogen (secondary N) is 1. The van der Waals surface area contributed by atoms with Gasteiger partial charge in [0.2, 0.25) is 5.78 Å². The van der Waals surface area contributed by atoms with Crippen LogP contribution in [-0.2, 0) is 0 Å². The van der Waals surface area contributed by atoms with Gasteiger partial charge < -0.3 is 20.2 Å². The van der Waals surface area contributed by atoms with E-state index >= 15 is 0 Å². The van der Waals surface area contributed by atoms with Gasteiger partial charge >= 0.3 is 0 Å². The van der Waals surface area contributed by atoms with Crippen molar-refractivity contribution in [3.05, 3.63) is 95.3 Å². The first-order valence-corrected chi connectivity index (χ1v) is 9.45. The zero-order chi connectivity index (χ0) is 21.3. The van der Waals surface area contributed by atoms with Crippen molar-refractivity contribution in [1.82, 2.24) is 4.40 Å². The van der Waals surface area contributed by atoms with Crippen LogP contribution in [0.1, 0.15) is 32.0 Å². The third-order valence-electron chi connectivity index (χ3n) is 4.95. The Labute approximate surface area is 173 Å². The first-order valence-electron chi connectivity index (χ1n) is 9.45. The number of nitrogens with two attached hydrogens (primary N) is 1. The number of carbonyl (C=O) groups excluding carboxylic acids is 2. The van der Waals surface area contributed by atoms with Crippen molar-refractivity contribution in [2.45, 2.75) is 6.92 Å². The number of nitrogen functional groups attached to an aromatic ring is 1. The molecule has 1 amide bonds.